The van der Waals surface area contributed by atoms with E-state index in [0.717, 1.165) is 29.7 Å². The zero-order valence-electron chi connectivity index (χ0n) is 14.8. The molecule has 0 fully saturated rings. The summed E-state index contributed by atoms with van der Waals surface area (Å²) < 4.78 is 5.74. The molecule has 27 heavy (non-hydrogen) atoms. The van der Waals surface area contributed by atoms with Crippen LogP contribution in [0.3, 0.4) is 0 Å². The molecule has 3 rings (SSSR count). The Bertz CT molecular complexity index is 988. The SMILES string of the molecule is CN(C)CCCOc1ccc(-c2c(C(=O)O)sc3ncccc23)c(Cl)c1Cl. The summed E-state index contributed by atoms with van der Waals surface area (Å²) in [4.78, 5) is 18.9. The van der Waals surface area contributed by atoms with Crippen LogP contribution in [0.5, 0.6) is 5.75 Å². The summed E-state index contributed by atoms with van der Waals surface area (Å²) in [6.45, 7) is 1.42. The average molecular weight is 425 g/mol. The summed E-state index contributed by atoms with van der Waals surface area (Å²) >= 11 is 14.0. The van der Waals surface area contributed by atoms with Crippen molar-refractivity contribution in [2.45, 2.75) is 6.42 Å². The van der Waals surface area contributed by atoms with E-state index in [0.29, 0.717) is 28.3 Å². The number of carboxylic acids is 1. The Morgan fingerprint density at radius 2 is 2.04 bits per heavy atom. The number of pyridine rings is 1. The molecule has 5 nitrogen and oxygen atoms in total. The minimum Gasteiger partial charge on any atom is -0.492 e. The molecule has 1 aromatic carbocycles. The second kappa shape index (κ2) is 8.44. The number of fused-ring (bicyclic) bond motifs is 1. The largest absolute Gasteiger partial charge is 0.492 e. The van der Waals surface area contributed by atoms with E-state index in [-0.39, 0.29) is 14.9 Å². The molecule has 2 heterocycles. The van der Waals surface area contributed by atoms with Crippen LogP contribution in [-0.4, -0.2) is 48.2 Å². The van der Waals surface area contributed by atoms with Gasteiger partial charge in [-0.2, -0.15) is 0 Å². The van der Waals surface area contributed by atoms with Crippen molar-refractivity contribution in [3.05, 3.63) is 45.4 Å². The van der Waals surface area contributed by atoms with Gasteiger partial charge in [0.15, 0.2) is 0 Å². The molecule has 0 aliphatic heterocycles. The Kier molecular flexibility index (Phi) is 6.22. The number of nitrogens with zero attached hydrogens (tertiary/aromatic N) is 2. The van der Waals surface area contributed by atoms with E-state index in [4.69, 9.17) is 27.9 Å². The normalized spacial score (nSPS) is 11.3. The fourth-order valence-electron chi connectivity index (χ4n) is 2.75. The predicted octanol–water partition coefficient (Wildman–Crippen LogP) is 5.30. The maximum absolute atomic E-state index is 11.7. The highest BCUT2D eigenvalue weighted by Gasteiger charge is 2.23. The lowest BCUT2D eigenvalue weighted by molar-refractivity contribution is 0.0703. The van der Waals surface area contributed by atoms with Gasteiger partial charge < -0.3 is 14.7 Å². The van der Waals surface area contributed by atoms with Gasteiger partial charge in [-0.25, -0.2) is 9.78 Å². The fourth-order valence-corrected chi connectivity index (χ4v) is 4.22. The third-order valence-electron chi connectivity index (χ3n) is 3.98. The van der Waals surface area contributed by atoms with Gasteiger partial charge in [-0.1, -0.05) is 23.2 Å². The van der Waals surface area contributed by atoms with E-state index in [1.165, 1.54) is 0 Å². The maximum Gasteiger partial charge on any atom is 0.346 e. The van der Waals surface area contributed by atoms with Crippen molar-refractivity contribution in [2.24, 2.45) is 0 Å². The number of aromatic carboxylic acids is 1. The molecule has 0 amide bonds. The van der Waals surface area contributed by atoms with Crippen molar-refractivity contribution in [1.29, 1.82) is 0 Å². The molecule has 8 heteroatoms. The lowest BCUT2D eigenvalue weighted by Gasteiger charge is -2.14. The number of halogens is 2. The van der Waals surface area contributed by atoms with Gasteiger partial charge in [0, 0.05) is 29.3 Å². The van der Waals surface area contributed by atoms with Crippen molar-refractivity contribution in [3.63, 3.8) is 0 Å². The molecule has 0 unspecified atom stereocenters. The molecule has 0 saturated carbocycles. The Labute approximate surface area is 171 Å². The number of carbonyl (C=O) groups is 1. The molecule has 0 spiro atoms. The molecule has 142 valence electrons. The van der Waals surface area contributed by atoms with E-state index >= 15 is 0 Å². The molecule has 3 aromatic rings. The Morgan fingerprint density at radius 1 is 1.26 bits per heavy atom. The van der Waals surface area contributed by atoms with Crippen LogP contribution in [0, 0.1) is 0 Å². The number of aromatic nitrogens is 1. The van der Waals surface area contributed by atoms with Crippen LogP contribution < -0.4 is 4.74 Å². The fraction of sp³-hybridized carbons (Fsp3) is 0.263. The van der Waals surface area contributed by atoms with Crippen LogP contribution in [-0.2, 0) is 0 Å². The second-order valence-electron chi connectivity index (χ2n) is 6.21. The summed E-state index contributed by atoms with van der Waals surface area (Å²) in [5.41, 5.74) is 1.08. The van der Waals surface area contributed by atoms with Gasteiger partial charge in [0.2, 0.25) is 0 Å². The van der Waals surface area contributed by atoms with Crippen LogP contribution in [0.25, 0.3) is 21.3 Å². The highest BCUT2D eigenvalue weighted by Crippen LogP contribution is 2.45. The number of carboxylic acid groups (broad SMARTS) is 1. The first-order valence-electron chi connectivity index (χ1n) is 8.27. The van der Waals surface area contributed by atoms with E-state index in [2.05, 4.69) is 9.88 Å². The average Bonchev–Trinajstić information content (AvgIpc) is 3.02. The molecule has 0 atom stereocenters. The van der Waals surface area contributed by atoms with E-state index in [9.17, 15) is 9.90 Å². The molecular weight excluding hydrogens is 407 g/mol. The van der Waals surface area contributed by atoms with E-state index in [1.54, 1.807) is 24.4 Å². The molecule has 2 aromatic heterocycles. The van der Waals surface area contributed by atoms with Gasteiger partial charge in [0.05, 0.1) is 11.6 Å². The zero-order chi connectivity index (χ0) is 19.6. The van der Waals surface area contributed by atoms with Gasteiger partial charge in [-0.3, -0.25) is 0 Å². The number of thiophene rings is 1. The number of benzene rings is 1. The monoisotopic (exact) mass is 424 g/mol. The van der Waals surface area contributed by atoms with Crippen molar-refractivity contribution in [3.8, 4) is 16.9 Å². The minimum atomic E-state index is -1.02. The summed E-state index contributed by atoms with van der Waals surface area (Å²) in [6, 6.07) is 7.07. The van der Waals surface area contributed by atoms with Crippen LogP contribution in [0.15, 0.2) is 30.5 Å². The third kappa shape index (κ3) is 4.19. The Morgan fingerprint density at radius 3 is 2.74 bits per heavy atom. The summed E-state index contributed by atoms with van der Waals surface area (Å²) in [5.74, 6) is -0.539. The zero-order valence-corrected chi connectivity index (χ0v) is 17.2. The third-order valence-corrected chi connectivity index (χ3v) is 5.95. The van der Waals surface area contributed by atoms with Crippen LogP contribution in [0.4, 0.5) is 0 Å². The van der Waals surface area contributed by atoms with Gasteiger partial charge in [0.25, 0.3) is 0 Å². The number of ether oxygens (including phenoxy) is 1. The van der Waals surface area contributed by atoms with Crippen molar-refractivity contribution in [2.75, 3.05) is 27.2 Å². The number of hydrogen-bond acceptors (Lipinski definition) is 5. The van der Waals surface area contributed by atoms with Crippen molar-refractivity contribution < 1.29 is 14.6 Å². The first-order chi connectivity index (χ1) is 12.9. The van der Waals surface area contributed by atoms with Crippen LogP contribution in [0.1, 0.15) is 16.1 Å². The first-order valence-corrected chi connectivity index (χ1v) is 9.84. The minimum absolute atomic E-state index is 0.182. The molecule has 0 bridgehead atoms. The first kappa shape index (κ1) is 19.9. The van der Waals surface area contributed by atoms with Crippen LogP contribution >= 0.6 is 34.5 Å². The smallest absolute Gasteiger partial charge is 0.346 e. The molecular formula is C19H18Cl2N2O3S. The van der Waals surface area contributed by atoms with Crippen LogP contribution in [0.2, 0.25) is 10.0 Å². The van der Waals surface area contributed by atoms with Crippen molar-refractivity contribution in [1.82, 2.24) is 9.88 Å². The molecule has 0 aliphatic rings. The van der Waals surface area contributed by atoms with E-state index in [1.807, 2.05) is 20.2 Å². The summed E-state index contributed by atoms with van der Waals surface area (Å²) in [7, 11) is 4.00. The van der Waals surface area contributed by atoms with Gasteiger partial charge >= 0.3 is 5.97 Å². The lowest BCUT2D eigenvalue weighted by atomic mass is 10.0. The van der Waals surface area contributed by atoms with Gasteiger partial charge in [-0.15, -0.1) is 11.3 Å². The topological polar surface area (TPSA) is 62.7 Å². The molecule has 0 saturated heterocycles. The predicted molar refractivity (Wildman–Crippen MR) is 111 cm³/mol. The van der Waals surface area contributed by atoms with Gasteiger partial charge in [-0.05, 0) is 44.8 Å². The quantitative estimate of drug-likeness (QED) is 0.521. The Hall–Kier alpha value is -1.86. The molecule has 0 radical (unpaired) electrons. The summed E-state index contributed by atoms with van der Waals surface area (Å²) in [5, 5.41) is 10.9. The van der Waals surface area contributed by atoms with Gasteiger partial charge in [0.1, 0.15) is 20.5 Å². The van der Waals surface area contributed by atoms with E-state index < -0.39 is 5.97 Å². The molecule has 1 N–H and O–H groups in total. The second-order valence-corrected chi connectivity index (χ2v) is 7.97. The highest BCUT2D eigenvalue weighted by atomic mass is 35.5. The standard InChI is InChI=1S/C19H18Cl2N2O3S/c1-23(2)9-4-10-26-13-7-6-11(15(20)16(13)21)14-12-5-3-8-22-18(12)27-17(14)19(24)25/h3,5-8H,4,9-10H2,1-2H3,(H,24,25). The Balaban J connectivity index is 1.99. The molecule has 0 aliphatic carbocycles. The highest BCUT2D eigenvalue weighted by molar-refractivity contribution is 7.21. The summed E-state index contributed by atoms with van der Waals surface area (Å²) in [6.07, 6.45) is 2.49. The van der Waals surface area contributed by atoms with Crippen molar-refractivity contribution >= 4 is 50.7 Å². The lowest BCUT2D eigenvalue weighted by Crippen LogP contribution is -2.15. The maximum atomic E-state index is 11.7. The number of rotatable bonds is 7. The number of hydrogen-bond donors (Lipinski definition) is 1.